The number of rotatable bonds is 5. The molecule has 1 fully saturated rings. The summed E-state index contributed by atoms with van der Waals surface area (Å²) < 4.78 is 1.90. The van der Waals surface area contributed by atoms with Gasteiger partial charge >= 0.3 is 0 Å². The van der Waals surface area contributed by atoms with Gasteiger partial charge in [-0.15, -0.1) is 0 Å². The number of aromatic nitrogens is 2. The smallest absolute Gasteiger partial charge is 0.0574 e. The van der Waals surface area contributed by atoms with Gasteiger partial charge in [0, 0.05) is 44.6 Å². The van der Waals surface area contributed by atoms with E-state index in [0.717, 1.165) is 32.5 Å². The number of aliphatic hydroxyl groups is 1. The Morgan fingerprint density at radius 1 is 1.22 bits per heavy atom. The van der Waals surface area contributed by atoms with Crippen LogP contribution in [-0.2, 0) is 13.6 Å². The highest BCUT2D eigenvalue weighted by atomic mass is 16.3. The first-order chi connectivity index (χ1) is 11.1. The number of piperidine rings is 1. The summed E-state index contributed by atoms with van der Waals surface area (Å²) >= 11 is 0. The normalized spacial score (nSPS) is 17.4. The Morgan fingerprint density at radius 2 is 1.91 bits per heavy atom. The summed E-state index contributed by atoms with van der Waals surface area (Å²) in [6.07, 6.45) is 3.43. The van der Waals surface area contributed by atoms with Crippen molar-refractivity contribution in [2.75, 3.05) is 18.0 Å². The van der Waals surface area contributed by atoms with Crippen LogP contribution in [0.2, 0.25) is 0 Å². The molecule has 5 heteroatoms. The standard InChI is InChI=1S/C18H26N4O/c1-14(19-13-17-7-10-20-21(17)2)15-3-5-16(6-4-15)22-11-8-18(23)9-12-22/h3-7,10,14,18-19,23H,8-9,11-13H2,1-2H3. The molecule has 0 spiro atoms. The highest BCUT2D eigenvalue weighted by Crippen LogP contribution is 2.22. The molecule has 1 aliphatic heterocycles. The average molecular weight is 314 g/mol. The highest BCUT2D eigenvalue weighted by Gasteiger charge is 2.17. The predicted molar refractivity (Wildman–Crippen MR) is 92.4 cm³/mol. The van der Waals surface area contributed by atoms with Crippen molar-refractivity contribution < 1.29 is 5.11 Å². The lowest BCUT2D eigenvalue weighted by Gasteiger charge is -2.31. The molecule has 1 aliphatic rings. The van der Waals surface area contributed by atoms with Crippen molar-refractivity contribution in [2.24, 2.45) is 7.05 Å². The van der Waals surface area contributed by atoms with Gasteiger partial charge in [-0.1, -0.05) is 12.1 Å². The molecule has 124 valence electrons. The van der Waals surface area contributed by atoms with Gasteiger partial charge in [-0.2, -0.15) is 5.10 Å². The first-order valence-corrected chi connectivity index (χ1v) is 8.36. The minimum absolute atomic E-state index is 0.123. The third-order valence-electron chi connectivity index (χ3n) is 4.73. The van der Waals surface area contributed by atoms with E-state index in [9.17, 15) is 5.11 Å². The summed E-state index contributed by atoms with van der Waals surface area (Å²) in [7, 11) is 1.96. The molecule has 0 amide bonds. The van der Waals surface area contributed by atoms with Crippen LogP contribution in [0.3, 0.4) is 0 Å². The molecule has 2 aromatic rings. The number of anilines is 1. The fraction of sp³-hybridized carbons (Fsp3) is 0.500. The lowest BCUT2D eigenvalue weighted by molar-refractivity contribution is 0.145. The predicted octanol–water partition coefficient (Wildman–Crippen LogP) is 2.23. The molecule has 1 aromatic carbocycles. The number of nitrogens with one attached hydrogen (secondary N) is 1. The van der Waals surface area contributed by atoms with Crippen molar-refractivity contribution in [2.45, 2.75) is 38.5 Å². The number of hydrogen-bond donors (Lipinski definition) is 2. The van der Waals surface area contributed by atoms with Crippen LogP contribution < -0.4 is 10.2 Å². The second-order valence-corrected chi connectivity index (χ2v) is 6.36. The molecule has 3 rings (SSSR count). The van der Waals surface area contributed by atoms with E-state index in [1.165, 1.54) is 16.9 Å². The molecule has 5 nitrogen and oxygen atoms in total. The lowest BCUT2D eigenvalue weighted by Crippen LogP contribution is -2.35. The van der Waals surface area contributed by atoms with Gasteiger partial charge in [-0.3, -0.25) is 4.68 Å². The van der Waals surface area contributed by atoms with Crippen molar-refractivity contribution in [3.05, 3.63) is 47.8 Å². The maximum atomic E-state index is 9.61. The first-order valence-electron chi connectivity index (χ1n) is 8.36. The molecule has 0 bridgehead atoms. The van der Waals surface area contributed by atoms with Gasteiger partial charge in [0.2, 0.25) is 0 Å². The minimum Gasteiger partial charge on any atom is -0.393 e. The number of hydrogen-bond acceptors (Lipinski definition) is 4. The monoisotopic (exact) mass is 314 g/mol. The van der Waals surface area contributed by atoms with E-state index in [-0.39, 0.29) is 6.10 Å². The van der Waals surface area contributed by atoms with Gasteiger partial charge in [0.15, 0.2) is 0 Å². The van der Waals surface area contributed by atoms with Crippen LogP contribution in [0.1, 0.15) is 37.1 Å². The SMILES string of the molecule is CC(NCc1ccnn1C)c1ccc(N2CCC(O)CC2)cc1. The van der Waals surface area contributed by atoms with Gasteiger partial charge in [-0.05, 0) is 43.5 Å². The highest BCUT2D eigenvalue weighted by molar-refractivity contribution is 5.48. The Labute approximate surface area is 137 Å². The van der Waals surface area contributed by atoms with Crippen LogP contribution in [0.25, 0.3) is 0 Å². The van der Waals surface area contributed by atoms with Crippen molar-refractivity contribution in [1.82, 2.24) is 15.1 Å². The van der Waals surface area contributed by atoms with Crippen LogP contribution in [-0.4, -0.2) is 34.1 Å². The molecule has 2 heterocycles. The number of nitrogens with zero attached hydrogens (tertiary/aromatic N) is 3. The van der Waals surface area contributed by atoms with Crippen molar-refractivity contribution in [3.8, 4) is 0 Å². The van der Waals surface area contributed by atoms with Crippen LogP contribution in [0.4, 0.5) is 5.69 Å². The molecule has 1 atom stereocenters. The van der Waals surface area contributed by atoms with Crippen LogP contribution >= 0.6 is 0 Å². The van der Waals surface area contributed by atoms with Gasteiger partial charge < -0.3 is 15.3 Å². The summed E-state index contributed by atoms with van der Waals surface area (Å²) in [6, 6.07) is 11.1. The third kappa shape index (κ3) is 3.92. The van der Waals surface area contributed by atoms with E-state index in [4.69, 9.17) is 0 Å². The lowest BCUT2D eigenvalue weighted by atomic mass is 10.0. The van der Waals surface area contributed by atoms with Crippen molar-refractivity contribution in [1.29, 1.82) is 0 Å². The molecule has 1 aromatic heterocycles. The van der Waals surface area contributed by atoms with Crippen LogP contribution in [0, 0.1) is 0 Å². The van der Waals surface area contributed by atoms with E-state index >= 15 is 0 Å². The zero-order chi connectivity index (χ0) is 16.2. The van der Waals surface area contributed by atoms with Gasteiger partial charge in [0.1, 0.15) is 0 Å². The molecule has 0 radical (unpaired) electrons. The quantitative estimate of drug-likeness (QED) is 0.889. The molecule has 0 saturated carbocycles. The molecule has 0 aliphatic carbocycles. The maximum absolute atomic E-state index is 9.61. The Hall–Kier alpha value is -1.85. The average Bonchev–Trinajstić information content (AvgIpc) is 2.99. The van der Waals surface area contributed by atoms with Crippen molar-refractivity contribution >= 4 is 5.69 Å². The summed E-state index contributed by atoms with van der Waals surface area (Å²) in [6.45, 7) is 4.87. The largest absolute Gasteiger partial charge is 0.393 e. The third-order valence-corrected chi connectivity index (χ3v) is 4.73. The zero-order valence-electron chi connectivity index (χ0n) is 13.9. The number of benzene rings is 1. The molecule has 23 heavy (non-hydrogen) atoms. The fourth-order valence-electron chi connectivity index (χ4n) is 3.05. The van der Waals surface area contributed by atoms with E-state index < -0.39 is 0 Å². The maximum Gasteiger partial charge on any atom is 0.0574 e. The van der Waals surface area contributed by atoms with E-state index in [1.54, 1.807) is 0 Å². The summed E-state index contributed by atoms with van der Waals surface area (Å²) in [5, 5.41) is 17.3. The van der Waals surface area contributed by atoms with E-state index in [2.05, 4.69) is 46.5 Å². The summed E-state index contributed by atoms with van der Waals surface area (Å²) in [5.41, 5.74) is 3.72. The van der Waals surface area contributed by atoms with Gasteiger partial charge in [0.25, 0.3) is 0 Å². The van der Waals surface area contributed by atoms with Crippen LogP contribution in [0.5, 0.6) is 0 Å². The topological polar surface area (TPSA) is 53.3 Å². The Morgan fingerprint density at radius 3 is 2.52 bits per heavy atom. The fourth-order valence-corrected chi connectivity index (χ4v) is 3.05. The van der Waals surface area contributed by atoms with Crippen molar-refractivity contribution in [3.63, 3.8) is 0 Å². The Bertz CT molecular complexity index is 614. The molecule has 2 N–H and O–H groups in total. The van der Waals surface area contributed by atoms with E-state index in [1.807, 2.05) is 24.0 Å². The van der Waals surface area contributed by atoms with Gasteiger partial charge in [-0.25, -0.2) is 0 Å². The second kappa shape index (κ2) is 7.15. The number of aryl methyl sites for hydroxylation is 1. The summed E-state index contributed by atoms with van der Waals surface area (Å²) in [5.74, 6) is 0. The van der Waals surface area contributed by atoms with Gasteiger partial charge in [0.05, 0.1) is 11.8 Å². The minimum atomic E-state index is -0.123. The Kier molecular flexibility index (Phi) is 4.98. The number of aliphatic hydroxyl groups excluding tert-OH is 1. The first kappa shape index (κ1) is 16.0. The molecule has 1 saturated heterocycles. The second-order valence-electron chi connectivity index (χ2n) is 6.36. The Balaban J connectivity index is 1.57. The van der Waals surface area contributed by atoms with Crippen LogP contribution in [0.15, 0.2) is 36.5 Å². The zero-order valence-corrected chi connectivity index (χ0v) is 13.9. The molecular weight excluding hydrogens is 288 g/mol. The molecule has 1 unspecified atom stereocenters. The molecular formula is C18H26N4O. The summed E-state index contributed by atoms with van der Waals surface area (Å²) in [4.78, 5) is 2.35. The van der Waals surface area contributed by atoms with E-state index in [0.29, 0.717) is 6.04 Å².